The molecule has 2 aliphatic rings. The van der Waals surface area contributed by atoms with Crippen LogP contribution in [0.4, 0.5) is 5.69 Å². The van der Waals surface area contributed by atoms with Gasteiger partial charge >= 0.3 is 0 Å². The lowest BCUT2D eigenvalue weighted by Gasteiger charge is -2.48. The number of nitrogens with one attached hydrogen (secondary N) is 2. The second-order valence-corrected chi connectivity index (χ2v) is 12.5. The molecule has 6 heteroatoms. The van der Waals surface area contributed by atoms with E-state index >= 15 is 0 Å². The number of aryl methyl sites for hydroxylation is 1. The van der Waals surface area contributed by atoms with Crippen LogP contribution >= 0.6 is 0 Å². The number of aromatic amines is 1. The standard InChI is InChI=1S/C32H29N3O2S/c1-22-15-17-24(18-16-22)38(36,37)35-20-30-31(26-12-6-7-13-28(26)33-30)32(21-35)19-27(23-9-3-2-4-10-23)25-11-5-8-14-29(25)34-32/h2-18,27,33-34H,19-21H2,1H3. The number of nitrogens with zero attached hydrogens (tertiary/aromatic N) is 1. The van der Waals surface area contributed by atoms with Crippen LogP contribution in [0.3, 0.4) is 0 Å². The predicted molar refractivity (Wildman–Crippen MR) is 152 cm³/mol. The lowest BCUT2D eigenvalue weighted by Crippen LogP contribution is -2.54. The molecule has 0 saturated heterocycles. The zero-order valence-electron chi connectivity index (χ0n) is 21.2. The maximum absolute atomic E-state index is 14.0. The van der Waals surface area contributed by atoms with Crippen molar-refractivity contribution in [2.75, 3.05) is 11.9 Å². The Morgan fingerprint density at radius 1 is 0.842 bits per heavy atom. The van der Waals surface area contributed by atoms with Crippen LogP contribution in [0.5, 0.6) is 0 Å². The summed E-state index contributed by atoms with van der Waals surface area (Å²) in [5.41, 5.74) is 7.12. The third-order valence-corrected chi connectivity index (χ3v) is 9.97. The first-order chi connectivity index (χ1) is 18.4. The number of benzene rings is 4. The number of hydrogen-bond acceptors (Lipinski definition) is 3. The van der Waals surface area contributed by atoms with Gasteiger partial charge in [-0.2, -0.15) is 4.31 Å². The van der Waals surface area contributed by atoms with Crippen LogP contribution in [-0.2, 0) is 22.1 Å². The van der Waals surface area contributed by atoms with Gasteiger partial charge in [0, 0.05) is 40.3 Å². The second kappa shape index (κ2) is 8.58. The van der Waals surface area contributed by atoms with E-state index < -0.39 is 15.6 Å². The monoisotopic (exact) mass is 519 g/mol. The van der Waals surface area contributed by atoms with Crippen LogP contribution in [0.25, 0.3) is 10.9 Å². The number of sulfonamides is 1. The molecule has 7 rings (SSSR count). The Balaban J connectivity index is 1.44. The molecule has 38 heavy (non-hydrogen) atoms. The Bertz CT molecular complexity index is 1760. The largest absolute Gasteiger partial charge is 0.374 e. The molecule has 2 aliphatic heterocycles. The summed E-state index contributed by atoms with van der Waals surface area (Å²) in [6.45, 7) is 2.62. The van der Waals surface area contributed by atoms with Crippen molar-refractivity contribution in [3.63, 3.8) is 0 Å². The minimum atomic E-state index is -3.72. The second-order valence-electron chi connectivity index (χ2n) is 10.6. The van der Waals surface area contributed by atoms with Crippen LogP contribution in [0.15, 0.2) is 108 Å². The highest BCUT2D eigenvalue weighted by Gasteiger charge is 2.49. The lowest BCUT2D eigenvalue weighted by molar-refractivity contribution is 0.265. The van der Waals surface area contributed by atoms with Gasteiger partial charge in [-0.3, -0.25) is 0 Å². The number of para-hydroxylation sites is 2. The van der Waals surface area contributed by atoms with Gasteiger partial charge in [0.25, 0.3) is 0 Å². The molecule has 0 fully saturated rings. The van der Waals surface area contributed by atoms with Gasteiger partial charge in [-0.25, -0.2) is 8.42 Å². The number of fused-ring (bicyclic) bond motifs is 5. The molecule has 2 N–H and O–H groups in total. The Morgan fingerprint density at radius 3 is 2.37 bits per heavy atom. The first kappa shape index (κ1) is 23.3. The fraction of sp³-hybridized carbons (Fsp3) is 0.188. The van der Waals surface area contributed by atoms with Crippen LogP contribution < -0.4 is 5.32 Å². The Morgan fingerprint density at radius 2 is 1.55 bits per heavy atom. The topological polar surface area (TPSA) is 65.2 Å². The Kier molecular flexibility index (Phi) is 5.25. The van der Waals surface area contributed by atoms with Gasteiger partial charge in [0.15, 0.2) is 0 Å². The summed E-state index contributed by atoms with van der Waals surface area (Å²) in [7, 11) is -3.72. The van der Waals surface area contributed by atoms with E-state index in [0.29, 0.717) is 18.0 Å². The fourth-order valence-corrected chi connectivity index (χ4v) is 7.91. The maximum atomic E-state index is 14.0. The zero-order chi connectivity index (χ0) is 25.9. The Labute approximate surface area is 223 Å². The highest BCUT2D eigenvalue weighted by atomic mass is 32.2. The van der Waals surface area contributed by atoms with E-state index in [1.807, 2.05) is 37.3 Å². The number of aromatic nitrogens is 1. The molecule has 190 valence electrons. The minimum Gasteiger partial charge on any atom is -0.374 e. The number of hydrogen-bond donors (Lipinski definition) is 2. The molecule has 0 radical (unpaired) electrons. The van der Waals surface area contributed by atoms with Crippen molar-refractivity contribution in [3.05, 3.63) is 131 Å². The van der Waals surface area contributed by atoms with Crippen molar-refractivity contribution in [2.24, 2.45) is 0 Å². The van der Waals surface area contributed by atoms with Crippen LogP contribution in [-0.4, -0.2) is 24.3 Å². The van der Waals surface area contributed by atoms with E-state index in [1.165, 1.54) is 16.7 Å². The van der Waals surface area contributed by atoms with Gasteiger partial charge in [0.1, 0.15) is 0 Å². The third kappa shape index (κ3) is 3.59. The molecule has 0 bridgehead atoms. The highest BCUT2D eigenvalue weighted by molar-refractivity contribution is 7.89. The summed E-state index contributed by atoms with van der Waals surface area (Å²) >= 11 is 0. The molecule has 1 spiro atoms. The van der Waals surface area contributed by atoms with E-state index in [-0.39, 0.29) is 5.92 Å². The van der Waals surface area contributed by atoms with Crippen molar-refractivity contribution in [2.45, 2.75) is 36.2 Å². The minimum absolute atomic E-state index is 0.122. The average molecular weight is 520 g/mol. The van der Waals surface area contributed by atoms with Crippen molar-refractivity contribution in [1.82, 2.24) is 9.29 Å². The summed E-state index contributed by atoms with van der Waals surface area (Å²) in [6, 6.07) is 34.5. The van der Waals surface area contributed by atoms with Gasteiger partial charge in [-0.15, -0.1) is 0 Å². The Hall–Kier alpha value is -3.87. The number of anilines is 1. The zero-order valence-corrected chi connectivity index (χ0v) is 22.0. The average Bonchev–Trinajstić information content (AvgIpc) is 3.33. The van der Waals surface area contributed by atoms with Gasteiger partial charge in [-0.05, 0) is 48.7 Å². The van der Waals surface area contributed by atoms with Gasteiger partial charge in [0.05, 0.1) is 17.0 Å². The normalized spacial score (nSPS) is 21.1. The molecular formula is C32H29N3O2S. The quantitative estimate of drug-likeness (QED) is 0.285. The van der Waals surface area contributed by atoms with E-state index in [4.69, 9.17) is 0 Å². The molecule has 2 unspecified atom stereocenters. The molecule has 4 aromatic carbocycles. The van der Waals surface area contributed by atoms with Gasteiger partial charge in [0.2, 0.25) is 10.0 Å². The molecule has 0 amide bonds. The first-order valence-corrected chi connectivity index (χ1v) is 14.5. The summed E-state index contributed by atoms with van der Waals surface area (Å²) in [5.74, 6) is 0.122. The van der Waals surface area contributed by atoms with Crippen LogP contribution in [0, 0.1) is 6.92 Å². The number of rotatable bonds is 3. The van der Waals surface area contributed by atoms with Crippen molar-refractivity contribution in [1.29, 1.82) is 0 Å². The molecule has 5 nitrogen and oxygen atoms in total. The third-order valence-electron chi connectivity index (χ3n) is 8.17. The summed E-state index contributed by atoms with van der Waals surface area (Å²) in [4.78, 5) is 3.91. The molecule has 3 heterocycles. The molecule has 0 saturated carbocycles. The van der Waals surface area contributed by atoms with E-state index in [9.17, 15) is 8.42 Å². The van der Waals surface area contributed by atoms with Gasteiger partial charge < -0.3 is 10.3 Å². The summed E-state index contributed by atoms with van der Waals surface area (Å²) in [6.07, 6.45) is 0.739. The first-order valence-electron chi connectivity index (χ1n) is 13.0. The summed E-state index contributed by atoms with van der Waals surface area (Å²) < 4.78 is 29.7. The number of H-pyrrole nitrogens is 1. The predicted octanol–water partition coefficient (Wildman–Crippen LogP) is 6.52. The van der Waals surface area contributed by atoms with Crippen LogP contribution in [0.2, 0.25) is 0 Å². The SMILES string of the molecule is Cc1ccc(S(=O)(=O)N2Cc3[nH]c4ccccc4c3C3(CC(c4ccccc4)c4ccccc4N3)C2)cc1. The van der Waals surface area contributed by atoms with Crippen molar-refractivity contribution >= 4 is 26.6 Å². The van der Waals surface area contributed by atoms with Crippen molar-refractivity contribution in [3.8, 4) is 0 Å². The highest BCUT2D eigenvalue weighted by Crippen LogP contribution is 2.51. The van der Waals surface area contributed by atoms with E-state index in [0.717, 1.165) is 34.3 Å². The smallest absolute Gasteiger partial charge is 0.243 e. The van der Waals surface area contributed by atoms with Crippen LogP contribution in [0.1, 0.15) is 40.3 Å². The van der Waals surface area contributed by atoms with E-state index in [2.05, 4.69) is 71.0 Å². The van der Waals surface area contributed by atoms with E-state index in [1.54, 1.807) is 16.4 Å². The summed E-state index contributed by atoms with van der Waals surface area (Å²) in [5, 5.41) is 5.03. The van der Waals surface area contributed by atoms with Crippen molar-refractivity contribution < 1.29 is 8.42 Å². The molecule has 0 aliphatic carbocycles. The molecule has 2 atom stereocenters. The maximum Gasteiger partial charge on any atom is 0.243 e. The molecular weight excluding hydrogens is 490 g/mol. The molecule has 1 aromatic heterocycles. The van der Waals surface area contributed by atoms with Gasteiger partial charge in [-0.1, -0.05) is 84.4 Å². The fourth-order valence-electron chi connectivity index (χ4n) is 6.44. The lowest BCUT2D eigenvalue weighted by atomic mass is 9.71. The molecule has 5 aromatic rings.